The Morgan fingerprint density at radius 1 is 1.18 bits per heavy atom. The van der Waals surface area contributed by atoms with Gasteiger partial charge in [-0.2, -0.15) is 0 Å². The molecule has 1 aromatic carbocycles. The van der Waals surface area contributed by atoms with Crippen molar-refractivity contribution in [3.05, 3.63) is 39.9 Å². The summed E-state index contributed by atoms with van der Waals surface area (Å²) >= 11 is 0. The predicted molar refractivity (Wildman–Crippen MR) is 111 cm³/mol. The SMILES string of the molecule is CCC(C)NC(=O)c1cc2cc(F)c(N3CCN(C)CC3)cc2n(CC)c1=O. The summed E-state index contributed by atoms with van der Waals surface area (Å²) in [6, 6.07) is 4.67. The van der Waals surface area contributed by atoms with Crippen molar-refractivity contribution in [1.82, 2.24) is 14.8 Å². The van der Waals surface area contributed by atoms with Crippen molar-refractivity contribution < 1.29 is 9.18 Å². The fourth-order valence-electron chi connectivity index (χ4n) is 3.56. The van der Waals surface area contributed by atoms with Crippen LogP contribution in [0.1, 0.15) is 37.6 Å². The van der Waals surface area contributed by atoms with Crippen molar-refractivity contribution in [2.45, 2.75) is 39.8 Å². The highest BCUT2D eigenvalue weighted by Crippen LogP contribution is 2.27. The average Bonchev–Trinajstić information content (AvgIpc) is 2.68. The minimum atomic E-state index is -0.410. The molecule has 1 aromatic heterocycles. The summed E-state index contributed by atoms with van der Waals surface area (Å²) in [4.78, 5) is 29.7. The van der Waals surface area contributed by atoms with Gasteiger partial charge in [-0.3, -0.25) is 9.59 Å². The summed E-state index contributed by atoms with van der Waals surface area (Å²) in [6.07, 6.45) is 0.768. The zero-order valence-electron chi connectivity index (χ0n) is 17.1. The Balaban J connectivity index is 2.08. The number of fused-ring (bicyclic) bond motifs is 1. The van der Waals surface area contributed by atoms with Crippen LogP contribution in [0.15, 0.2) is 23.0 Å². The highest BCUT2D eigenvalue weighted by Gasteiger charge is 2.21. The lowest BCUT2D eigenvalue weighted by Gasteiger charge is -2.34. The number of hydrogen-bond acceptors (Lipinski definition) is 4. The first kappa shape index (κ1) is 20.3. The van der Waals surface area contributed by atoms with E-state index in [-0.39, 0.29) is 23.0 Å². The van der Waals surface area contributed by atoms with E-state index in [2.05, 4.69) is 17.3 Å². The third kappa shape index (κ3) is 3.90. The zero-order chi connectivity index (χ0) is 20.4. The van der Waals surface area contributed by atoms with Crippen LogP contribution >= 0.6 is 0 Å². The van der Waals surface area contributed by atoms with Gasteiger partial charge in [0.1, 0.15) is 11.4 Å². The molecule has 0 spiro atoms. The predicted octanol–water partition coefficient (Wildman–Crippen LogP) is 2.44. The number of likely N-dealkylation sites (N-methyl/N-ethyl adjacent to an activating group) is 1. The topological polar surface area (TPSA) is 57.6 Å². The number of nitrogens with one attached hydrogen (secondary N) is 1. The number of hydrogen-bond donors (Lipinski definition) is 1. The van der Waals surface area contributed by atoms with Gasteiger partial charge in [0.25, 0.3) is 11.5 Å². The number of aromatic nitrogens is 1. The van der Waals surface area contributed by atoms with E-state index >= 15 is 0 Å². The van der Waals surface area contributed by atoms with Crippen molar-refractivity contribution >= 4 is 22.5 Å². The van der Waals surface area contributed by atoms with E-state index < -0.39 is 5.91 Å². The first-order valence-corrected chi connectivity index (χ1v) is 9.97. The van der Waals surface area contributed by atoms with Gasteiger partial charge >= 0.3 is 0 Å². The Bertz CT molecular complexity index is 932. The number of amides is 1. The van der Waals surface area contributed by atoms with Gasteiger partial charge in [0, 0.05) is 44.2 Å². The maximum absolute atomic E-state index is 14.9. The van der Waals surface area contributed by atoms with Gasteiger partial charge < -0.3 is 19.7 Å². The summed E-state index contributed by atoms with van der Waals surface area (Å²) in [5.74, 6) is -0.737. The Hall–Kier alpha value is -2.41. The number of halogens is 1. The number of benzene rings is 1. The molecule has 1 saturated heterocycles. The van der Waals surface area contributed by atoms with E-state index in [0.717, 1.165) is 32.6 Å². The molecule has 0 aliphatic carbocycles. The fourth-order valence-corrected chi connectivity index (χ4v) is 3.56. The number of aryl methyl sites for hydroxylation is 1. The zero-order valence-corrected chi connectivity index (χ0v) is 17.1. The smallest absolute Gasteiger partial charge is 0.263 e. The molecule has 28 heavy (non-hydrogen) atoms. The number of carbonyl (C=O) groups is 1. The van der Waals surface area contributed by atoms with E-state index in [1.165, 1.54) is 12.1 Å². The minimum Gasteiger partial charge on any atom is -0.367 e. The van der Waals surface area contributed by atoms with Crippen LogP contribution in [0.5, 0.6) is 0 Å². The molecular formula is C21H29FN4O2. The molecular weight excluding hydrogens is 359 g/mol. The molecule has 1 atom stereocenters. The van der Waals surface area contributed by atoms with Crippen molar-refractivity contribution in [2.75, 3.05) is 38.1 Å². The number of carbonyl (C=O) groups excluding carboxylic acids is 1. The quantitative estimate of drug-likeness (QED) is 0.855. The number of anilines is 1. The summed E-state index contributed by atoms with van der Waals surface area (Å²) in [7, 11) is 2.05. The molecule has 152 valence electrons. The second-order valence-electron chi connectivity index (χ2n) is 7.54. The molecule has 1 fully saturated rings. The Labute approximate surface area is 164 Å². The molecule has 1 N–H and O–H groups in total. The highest BCUT2D eigenvalue weighted by molar-refractivity contribution is 5.98. The molecule has 6 nitrogen and oxygen atoms in total. The average molecular weight is 388 g/mol. The van der Waals surface area contributed by atoms with Crippen LogP contribution in [0.25, 0.3) is 10.9 Å². The van der Waals surface area contributed by atoms with Gasteiger partial charge in [-0.05, 0) is 45.5 Å². The van der Waals surface area contributed by atoms with Crippen LogP contribution < -0.4 is 15.8 Å². The molecule has 1 unspecified atom stereocenters. The van der Waals surface area contributed by atoms with Crippen LogP contribution in [-0.4, -0.2) is 54.6 Å². The Morgan fingerprint density at radius 2 is 1.86 bits per heavy atom. The number of pyridine rings is 1. The number of piperazine rings is 1. The lowest BCUT2D eigenvalue weighted by atomic mass is 10.1. The standard InChI is InChI=1S/C21H29FN4O2/c1-5-14(3)23-20(27)16-11-15-12-17(22)19(25-9-7-24(4)8-10-25)13-18(15)26(6-2)21(16)28/h11-14H,5-10H2,1-4H3,(H,23,27). The molecule has 0 bridgehead atoms. The third-order valence-corrected chi connectivity index (χ3v) is 5.56. The Kier molecular flexibility index (Phi) is 6.03. The monoisotopic (exact) mass is 388 g/mol. The van der Waals surface area contributed by atoms with Crippen molar-refractivity contribution in [3.63, 3.8) is 0 Å². The molecule has 1 amide bonds. The largest absolute Gasteiger partial charge is 0.367 e. The molecule has 1 aliphatic rings. The van der Waals surface area contributed by atoms with Crippen LogP contribution in [-0.2, 0) is 6.54 Å². The van der Waals surface area contributed by atoms with E-state index in [1.807, 2.05) is 25.7 Å². The molecule has 3 rings (SSSR count). The maximum atomic E-state index is 14.9. The van der Waals surface area contributed by atoms with E-state index in [1.54, 1.807) is 10.6 Å². The summed E-state index contributed by atoms with van der Waals surface area (Å²) < 4.78 is 16.4. The van der Waals surface area contributed by atoms with Crippen molar-refractivity contribution in [3.8, 4) is 0 Å². The van der Waals surface area contributed by atoms with Crippen molar-refractivity contribution in [2.24, 2.45) is 0 Å². The second-order valence-corrected chi connectivity index (χ2v) is 7.54. The number of rotatable bonds is 5. The lowest BCUT2D eigenvalue weighted by Crippen LogP contribution is -2.44. The minimum absolute atomic E-state index is 0.0333. The maximum Gasteiger partial charge on any atom is 0.263 e. The molecule has 7 heteroatoms. The van der Waals surface area contributed by atoms with Gasteiger partial charge in [-0.1, -0.05) is 6.92 Å². The summed E-state index contributed by atoms with van der Waals surface area (Å²) in [5, 5.41) is 3.39. The first-order valence-electron chi connectivity index (χ1n) is 9.97. The van der Waals surface area contributed by atoms with Gasteiger partial charge in [0.05, 0.1) is 11.2 Å². The van der Waals surface area contributed by atoms with Gasteiger partial charge in [0.15, 0.2) is 0 Å². The molecule has 0 radical (unpaired) electrons. The van der Waals surface area contributed by atoms with Crippen LogP contribution in [0.3, 0.4) is 0 Å². The van der Waals surface area contributed by atoms with E-state index in [4.69, 9.17) is 0 Å². The van der Waals surface area contributed by atoms with Crippen LogP contribution in [0.4, 0.5) is 10.1 Å². The van der Waals surface area contributed by atoms with Gasteiger partial charge in [-0.15, -0.1) is 0 Å². The normalized spacial score (nSPS) is 16.4. The highest BCUT2D eigenvalue weighted by atomic mass is 19.1. The first-order chi connectivity index (χ1) is 13.3. The van der Waals surface area contributed by atoms with Crippen LogP contribution in [0, 0.1) is 5.82 Å². The van der Waals surface area contributed by atoms with Crippen molar-refractivity contribution in [1.29, 1.82) is 0 Å². The molecule has 1 aliphatic heterocycles. The third-order valence-electron chi connectivity index (χ3n) is 5.56. The molecule has 2 heterocycles. The molecule has 0 saturated carbocycles. The second kappa shape index (κ2) is 8.31. The fraction of sp³-hybridized carbons (Fsp3) is 0.524. The van der Waals surface area contributed by atoms with E-state index in [0.29, 0.717) is 23.1 Å². The van der Waals surface area contributed by atoms with E-state index in [9.17, 15) is 14.0 Å². The summed E-state index contributed by atoms with van der Waals surface area (Å²) in [6.45, 7) is 9.34. The van der Waals surface area contributed by atoms with Gasteiger partial charge in [-0.25, -0.2) is 4.39 Å². The summed E-state index contributed by atoms with van der Waals surface area (Å²) in [5.41, 5.74) is 0.884. The van der Waals surface area contributed by atoms with Gasteiger partial charge in [0.2, 0.25) is 0 Å². The Morgan fingerprint density at radius 3 is 2.46 bits per heavy atom. The molecule has 2 aromatic rings. The lowest BCUT2D eigenvalue weighted by molar-refractivity contribution is 0.0937. The number of nitrogens with zero attached hydrogens (tertiary/aromatic N) is 3. The van der Waals surface area contributed by atoms with Crippen LogP contribution in [0.2, 0.25) is 0 Å².